The average Bonchev–Trinajstić information content (AvgIpc) is 2.69. The molecule has 0 aliphatic heterocycles. The maximum Gasteiger partial charge on any atom is 0.0737 e. The molecule has 0 spiro atoms. The van der Waals surface area contributed by atoms with E-state index in [1.165, 1.54) is 12.0 Å². The van der Waals surface area contributed by atoms with E-state index in [0.717, 1.165) is 60.1 Å². The highest BCUT2D eigenvalue weighted by Crippen LogP contribution is 2.24. The molecular formula is C24H30ClN3. The molecule has 3 aromatic rings. The molecule has 4 heteroatoms. The number of rotatable bonds is 10. The summed E-state index contributed by atoms with van der Waals surface area (Å²) in [5.41, 5.74) is 3.44. The summed E-state index contributed by atoms with van der Waals surface area (Å²) in [6.07, 6.45) is 4.17. The monoisotopic (exact) mass is 395 g/mol. The zero-order valence-electron chi connectivity index (χ0n) is 16.9. The third-order valence-electron chi connectivity index (χ3n) is 4.94. The molecule has 1 N–H and O–H groups in total. The Morgan fingerprint density at radius 1 is 1.04 bits per heavy atom. The number of nitrogens with one attached hydrogen (secondary N) is 1. The van der Waals surface area contributed by atoms with E-state index in [1.807, 2.05) is 30.5 Å². The second-order valence-corrected chi connectivity index (χ2v) is 8.18. The third kappa shape index (κ3) is 6.22. The van der Waals surface area contributed by atoms with Crippen molar-refractivity contribution in [2.45, 2.75) is 33.2 Å². The minimum atomic E-state index is 0.721. The first-order valence-corrected chi connectivity index (χ1v) is 10.5. The lowest BCUT2D eigenvalue weighted by Crippen LogP contribution is -2.27. The number of nitrogens with zero attached hydrogens (tertiary/aromatic N) is 2. The van der Waals surface area contributed by atoms with Crippen LogP contribution < -0.4 is 5.32 Å². The van der Waals surface area contributed by atoms with Crippen LogP contribution in [-0.2, 0) is 6.54 Å². The molecule has 1 heterocycles. The molecule has 148 valence electrons. The van der Waals surface area contributed by atoms with Gasteiger partial charge in [0, 0.05) is 41.9 Å². The van der Waals surface area contributed by atoms with Crippen molar-refractivity contribution in [2.75, 3.05) is 25.0 Å². The van der Waals surface area contributed by atoms with Gasteiger partial charge >= 0.3 is 0 Å². The van der Waals surface area contributed by atoms with Crippen LogP contribution >= 0.6 is 11.6 Å². The first-order valence-electron chi connectivity index (χ1n) is 10.2. The molecular weight excluding hydrogens is 366 g/mol. The van der Waals surface area contributed by atoms with Crippen molar-refractivity contribution in [1.29, 1.82) is 0 Å². The van der Waals surface area contributed by atoms with Crippen LogP contribution in [0.5, 0.6) is 0 Å². The molecule has 3 nitrogen and oxygen atoms in total. The highest BCUT2D eigenvalue weighted by atomic mass is 35.5. The summed E-state index contributed by atoms with van der Waals surface area (Å²) in [4.78, 5) is 6.99. The number of fused-ring (bicyclic) bond motifs is 1. The summed E-state index contributed by atoms with van der Waals surface area (Å²) in [7, 11) is 0. The largest absolute Gasteiger partial charge is 0.384 e. The zero-order chi connectivity index (χ0) is 19.8. The van der Waals surface area contributed by atoms with Crippen molar-refractivity contribution < 1.29 is 0 Å². The summed E-state index contributed by atoms with van der Waals surface area (Å²) in [6, 6.07) is 18.7. The van der Waals surface area contributed by atoms with Gasteiger partial charge in [0.2, 0.25) is 0 Å². The van der Waals surface area contributed by atoms with Gasteiger partial charge in [-0.05, 0) is 55.1 Å². The summed E-state index contributed by atoms with van der Waals surface area (Å²) in [5.74, 6) is 0.728. The predicted molar refractivity (Wildman–Crippen MR) is 121 cm³/mol. The lowest BCUT2D eigenvalue weighted by molar-refractivity contribution is 0.249. The van der Waals surface area contributed by atoms with Gasteiger partial charge < -0.3 is 5.32 Å². The van der Waals surface area contributed by atoms with Crippen LogP contribution in [0.4, 0.5) is 5.69 Å². The first kappa shape index (κ1) is 20.6. The lowest BCUT2D eigenvalue weighted by atomic mass is 10.1. The molecule has 3 rings (SSSR count). The van der Waals surface area contributed by atoms with Gasteiger partial charge in [-0.15, -0.1) is 0 Å². The second-order valence-electron chi connectivity index (χ2n) is 7.74. The van der Waals surface area contributed by atoms with E-state index in [-0.39, 0.29) is 0 Å². The number of aromatic nitrogens is 1. The van der Waals surface area contributed by atoms with E-state index in [2.05, 4.69) is 59.4 Å². The van der Waals surface area contributed by atoms with Crippen molar-refractivity contribution in [2.24, 2.45) is 5.92 Å². The van der Waals surface area contributed by atoms with Gasteiger partial charge in [-0.3, -0.25) is 9.88 Å². The molecule has 0 saturated heterocycles. The Bertz CT molecular complexity index is 864. The van der Waals surface area contributed by atoms with Crippen molar-refractivity contribution in [3.63, 3.8) is 0 Å². The van der Waals surface area contributed by atoms with Gasteiger partial charge in [-0.1, -0.05) is 55.8 Å². The van der Waals surface area contributed by atoms with E-state index in [1.54, 1.807) is 0 Å². The summed E-state index contributed by atoms with van der Waals surface area (Å²) in [6.45, 7) is 8.78. The molecule has 0 amide bonds. The molecule has 1 aromatic heterocycles. The van der Waals surface area contributed by atoms with Gasteiger partial charge in [-0.25, -0.2) is 0 Å². The van der Waals surface area contributed by atoms with Crippen molar-refractivity contribution in [3.8, 4) is 0 Å². The van der Waals surface area contributed by atoms with E-state index >= 15 is 0 Å². The predicted octanol–water partition coefficient (Wildman–Crippen LogP) is 6.24. The number of halogens is 1. The van der Waals surface area contributed by atoms with Gasteiger partial charge in [0.15, 0.2) is 0 Å². The zero-order valence-corrected chi connectivity index (χ0v) is 17.6. The summed E-state index contributed by atoms with van der Waals surface area (Å²) >= 11 is 6.09. The van der Waals surface area contributed by atoms with Gasteiger partial charge in [0.1, 0.15) is 0 Å². The van der Waals surface area contributed by atoms with Crippen molar-refractivity contribution in [3.05, 3.63) is 71.4 Å². The van der Waals surface area contributed by atoms with Gasteiger partial charge in [-0.2, -0.15) is 0 Å². The highest BCUT2D eigenvalue weighted by Gasteiger charge is 2.08. The molecule has 0 saturated carbocycles. The minimum Gasteiger partial charge on any atom is -0.384 e. The first-order chi connectivity index (χ1) is 13.6. The summed E-state index contributed by atoms with van der Waals surface area (Å²) in [5, 5.41) is 5.42. The van der Waals surface area contributed by atoms with E-state index in [4.69, 9.17) is 11.6 Å². The Kier molecular flexibility index (Phi) is 7.70. The van der Waals surface area contributed by atoms with Crippen molar-refractivity contribution in [1.82, 2.24) is 9.88 Å². The molecule has 0 bridgehead atoms. The normalized spacial score (nSPS) is 11.5. The fourth-order valence-corrected chi connectivity index (χ4v) is 3.52. The number of hydrogen-bond donors (Lipinski definition) is 1. The quantitative estimate of drug-likeness (QED) is 0.412. The standard InChI is InChI=1S/C24H30ClN3/c1-19(2)12-16-28(18-20-7-4-3-5-8-20)15-6-13-26-23-11-14-27-24-17-21(25)9-10-22(23)24/h3-5,7-11,14,17,19H,6,12-13,15-16,18H2,1-2H3,(H,26,27). The van der Waals surface area contributed by atoms with Gasteiger partial charge in [0.05, 0.1) is 5.52 Å². The molecule has 0 radical (unpaired) electrons. The Hall–Kier alpha value is -2.10. The lowest BCUT2D eigenvalue weighted by Gasteiger charge is -2.23. The smallest absolute Gasteiger partial charge is 0.0737 e. The molecule has 2 aromatic carbocycles. The Labute approximate surface area is 173 Å². The number of benzene rings is 2. The maximum atomic E-state index is 6.09. The Balaban J connectivity index is 1.55. The molecule has 0 aliphatic carbocycles. The molecule has 28 heavy (non-hydrogen) atoms. The summed E-state index contributed by atoms with van der Waals surface area (Å²) < 4.78 is 0. The van der Waals surface area contributed by atoms with E-state index < -0.39 is 0 Å². The Morgan fingerprint density at radius 2 is 1.86 bits per heavy atom. The molecule has 0 atom stereocenters. The van der Waals surface area contributed by atoms with E-state index in [9.17, 15) is 0 Å². The second kappa shape index (κ2) is 10.4. The fourth-order valence-electron chi connectivity index (χ4n) is 3.35. The van der Waals surface area contributed by atoms with E-state index in [0.29, 0.717) is 0 Å². The topological polar surface area (TPSA) is 28.2 Å². The van der Waals surface area contributed by atoms with Crippen LogP contribution in [0.25, 0.3) is 10.9 Å². The molecule has 0 aliphatic rings. The number of anilines is 1. The maximum absolute atomic E-state index is 6.09. The number of hydrogen-bond acceptors (Lipinski definition) is 3. The van der Waals surface area contributed by atoms with Crippen LogP contribution in [0.3, 0.4) is 0 Å². The number of pyridine rings is 1. The van der Waals surface area contributed by atoms with Crippen LogP contribution in [0, 0.1) is 5.92 Å². The average molecular weight is 396 g/mol. The third-order valence-corrected chi connectivity index (χ3v) is 5.18. The molecule has 0 fully saturated rings. The van der Waals surface area contributed by atoms with Crippen molar-refractivity contribution >= 4 is 28.2 Å². The SMILES string of the molecule is CC(C)CCN(CCCNc1ccnc2cc(Cl)ccc12)Cc1ccccc1. The van der Waals surface area contributed by atoms with Crippen LogP contribution in [0.2, 0.25) is 5.02 Å². The minimum absolute atomic E-state index is 0.721. The van der Waals surface area contributed by atoms with Crippen LogP contribution in [0.1, 0.15) is 32.3 Å². The fraction of sp³-hybridized carbons (Fsp3) is 0.375. The molecule has 0 unspecified atom stereocenters. The van der Waals surface area contributed by atoms with Crippen LogP contribution in [-0.4, -0.2) is 29.5 Å². The van der Waals surface area contributed by atoms with Crippen LogP contribution in [0.15, 0.2) is 60.8 Å². The Morgan fingerprint density at radius 3 is 2.64 bits per heavy atom. The van der Waals surface area contributed by atoms with Gasteiger partial charge in [0.25, 0.3) is 0 Å². The highest BCUT2D eigenvalue weighted by molar-refractivity contribution is 6.31.